The number of rotatable bonds is 4. The van der Waals surface area contributed by atoms with Crippen LogP contribution in [0.2, 0.25) is 0 Å². The van der Waals surface area contributed by atoms with Gasteiger partial charge in [0.05, 0.1) is 5.56 Å². The third-order valence-corrected chi connectivity index (χ3v) is 4.78. The van der Waals surface area contributed by atoms with Gasteiger partial charge in [-0.1, -0.05) is 0 Å². The molecule has 1 aliphatic heterocycles. The predicted molar refractivity (Wildman–Crippen MR) is 78.8 cm³/mol. The Morgan fingerprint density at radius 3 is 2.79 bits per heavy atom. The van der Waals surface area contributed by atoms with Crippen molar-refractivity contribution in [3.8, 4) is 0 Å². The SMILES string of the molecule is O=C(O)/C=C/c1cc(C(=O)NC2CCSCC2)cs1. The summed E-state index contributed by atoms with van der Waals surface area (Å²) >= 11 is 3.29. The maximum absolute atomic E-state index is 12.0. The number of carbonyl (C=O) groups excluding carboxylic acids is 1. The monoisotopic (exact) mass is 297 g/mol. The van der Waals surface area contributed by atoms with Gasteiger partial charge < -0.3 is 10.4 Å². The number of hydrogen-bond acceptors (Lipinski definition) is 4. The van der Waals surface area contributed by atoms with E-state index in [2.05, 4.69) is 5.32 Å². The highest BCUT2D eigenvalue weighted by Gasteiger charge is 2.17. The predicted octanol–water partition coefficient (Wildman–Crippen LogP) is 2.47. The zero-order valence-corrected chi connectivity index (χ0v) is 11.9. The molecule has 1 amide bonds. The first-order valence-electron chi connectivity index (χ1n) is 6.03. The second-order valence-corrected chi connectivity index (χ2v) is 6.44. The molecule has 2 rings (SSSR count). The summed E-state index contributed by atoms with van der Waals surface area (Å²) in [6.45, 7) is 0. The van der Waals surface area contributed by atoms with Crippen LogP contribution in [0, 0.1) is 0 Å². The van der Waals surface area contributed by atoms with E-state index in [1.54, 1.807) is 11.4 Å². The van der Waals surface area contributed by atoms with E-state index in [-0.39, 0.29) is 11.9 Å². The lowest BCUT2D eigenvalue weighted by molar-refractivity contribution is -0.131. The highest BCUT2D eigenvalue weighted by molar-refractivity contribution is 7.99. The number of thioether (sulfide) groups is 1. The van der Waals surface area contributed by atoms with Gasteiger partial charge in [0.1, 0.15) is 0 Å². The Kier molecular flexibility index (Phi) is 5.04. The molecule has 0 unspecified atom stereocenters. The molecule has 2 N–H and O–H groups in total. The van der Waals surface area contributed by atoms with Crippen molar-refractivity contribution < 1.29 is 14.7 Å². The van der Waals surface area contributed by atoms with Gasteiger partial charge in [0, 0.05) is 22.4 Å². The van der Waals surface area contributed by atoms with Crippen LogP contribution < -0.4 is 5.32 Å². The van der Waals surface area contributed by atoms with Crippen LogP contribution >= 0.6 is 23.1 Å². The van der Waals surface area contributed by atoms with Crippen LogP contribution in [0.5, 0.6) is 0 Å². The van der Waals surface area contributed by atoms with Gasteiger partial charge in [-0.15, -0.1) is 11.3 Å². The van der Waals surface area contributed by atoms with Gasteiger partial charge in [0.15, 0.2) is 0 Å². The normalized spacial score (nSPS) is 16.6. The summed E-state index contributed by atoms with van der Waals surface area (Å²) in [6, 6.07) is 1.99. The largest absolute Gasteiger partial charge is 0.478 e. The molecule has 102 valence electrons. The molecule has 1 fully saturated rings. The molecule has 19 heavy (non-hydrogen) atoms. The molecule has 0 radical (unpaired) electrons. The molecule has 1 aromatic heterocycles. The highest BCUT2D eigenvalue weighted by atomic mass is 32.2. The summed E-state index contributed by atoms with van der Waals surface area (Å²) in [7, 11) is 0. The van der Waals surface area contributed by atoms with Gasteiger partial charge in [-0.05, 0) is 36.5 Å². The average Bonchev–Trinajstić information content (AvgIpc) is 2.86. The van der Waals surface area contributed by atoms with Crippen molar-refractivity contribution in [2.45, 2.75) is 18.9 Å². The molecule has 0 aromatic carbocycles. The van der Waals surface area contributed by atoms with Gasteiger partial charge in [0.25, 0.3) is 5.91 Å². The van der Waals surface area contributed by atoms with E-state index in [0.717, 1.165) is 35.3 Å². The lowest BCUT2D eigenvalue weighted by atomic mass is 10.1. The second-order valence-electron chi connectivity index (χ2n) is 4.27. The van der Waals surface area contributed by atoms with Crippen molar-refractivity contribution in [1.82, 2.24) is 5.32 Å². The smallest absolute Gasteiger partial charge is 0.328 e. The van der Waals surface area contributed by atoms with Crippen molar-refractivity contribution in [3.63, 3.8) is 0 Å². The number of carboxylic acids is 1. The molecule has 2 heterocycles. The molecule has 6 heteroatoms. The average molecular weight is 297 g/mol. The van der Waals surface area contributed by atoms with E-state index in [1.165, 1.54) is 17.4 Å². The summed E-state index contributed by atoms with van der Waals surface area (Å²) in [4.78, 5) is 23.2. The van der Waals surface area contributed by atoms with Crippen molar-refractivity contribution in [3.05, 3.63) is 28.0 Å². The fraction of sp³-hybridized carbons (Fsp3) is 0.385. The molecule has 0 aliphatic carbocycles. The van der Waals surface area contributed by atoms with Crippen molar-refractivity contribution in [1.29, 1.82) is 0 Å². The minimum absolute atomic E-state index is 0.0666. The Balaban J connectivity index is 1.93. The standard InChI is InChI=1S/C13H15NO3S2/c15-12(16)2-1-11-7-9(8-19-11)13(17)14-10-3-5-18-6-4-10/h1-2,7-8,10H,3-6H2,(H,14,17)(H,15,16)/b2-1+. The summed E-state index contributed by atoms with van der Waals surface area (Å²) in [5, 5.41) is 13.3. The fourth-order valence-electron chi connectivity index (χ4n) is 1.82. The van der Waals surface area contributed by atoms with E-state index in [0.29, 0.717) is 5.56 Å². The first kappa shape index (κ1) is 14.1. The van der Waals surface area contributed by atoms with E-state index in [1.807, 2.05) is 11.8 Å². The Morgan fingerprint density at radius 1 is 1.37 bits per heavy atom. The Labute approximate surface area is 119 Å². The molecule has 1 aromatic rings. The lowest BCUT2D eigenvalue weighted by Gasteiger charge is -2.22. The molecule has 0 bridgehead atoms. The van der Waals surface area contributed by atoms with E-state index >= 15 is 0 Å². The number of nitrogens with one attached hydrogen (secondary N) is 1. The van der Waals surface area contributed by atoms with Crippen LogP contribution in [0.4, 0.5) is 0 Å². The zero-order chi connectivity index (χ0) is 13.7. The molecule has 0 saturated carbocycles. The maximum atomic E-state index is 12.0. The van der Waals surface area contributed by atoms with Crippen LogP contribution in [0.3, 0.4) is 0 Å². The summed E-state index contributed by atoms with van der Waals surface area (Å²) in [5.74, 6) is 1.14. The Bertz CT molecular complexity index is 490. The number of amides is 1. The topological polar surface area (TPSA) is 66.4 Å². The number of aliphatic carboxylic acids is 1. The molecule has 0 spiro atoms. The van der Waals surface area contributed by atoms with Crippen LogP contribution in [0.1, 0.15) is 28.1 Å². The van der Waals surface area contributed by atoms with Crippen LogP contribution in [-0.4, -0.2) is 34.5 Å². The fourth-order valence-corrected chi connectivity index (χ4v) is 3.71. The summed E-state index contributed by atoms with van der Waals surface area (Å²) in [5.41, 5.74) is 0.605. The highest BCUT2D eigenvalue weighted by Crippen LogP contribution is 2.19. The van der Waals surface area contributed by atoms with Crippen molar-refractivity contribution >= 4 is 41.1 Å². The lowest BCUT2D eigenvalue weighted by Crippen LogP contribution is -2.37. The van der Waals surface area contributed by atoms with Gasteiger partial charge in [-0.3, -0.25) is 4.79 Å². The third kappa shape index (κ3) is 4.40. The van der Waals surface area contributed by atoms with Gasteiger partial charge >= 0.3 is 5.97 Å². The number of carbonyl (C=O) groups is 2. The summed E-state index contributed by atoms with van der Waals surface area (Å²) in [6.07, 6.45) is 4.62. The Hall–Kier alpha value is -1.27. The number of carboxylic acid groups (broad SMARTS) is 1. The van der Waals surface area contributed by atoms with Gasteiger partial charge in [-0.25, -0.2) is 4.79 Å². The molecule has 4 nitrogen and oxygen atoms in total. The first-order chi connectivity index (χ1) is 9.15. The van der Waals surface area contributed by atoms with E-state index in [4.69, 9.17) is 5.11 Å². The zero-order valence-electron chi connectivity index (χ0n) is 10.3. The second kappa shape index (κ2) is 6.77. The molecule has 1 saturated heterocycles. The van der Waals surface area contributed by atoms with E-state index < -0.39 is 5.97 Å². The minimum Gasteiger partial charge on any atom is -0.478 e. The van der Waals surface area contributed by atoms with Crippen LogP contribution in [0.15, 0.2) is 17.5 Å². The minimum atomic E-state index is -0.987. The molecule has 1 aliphatic rings. The number of thiophene rings is 1. The first-order valence-corrected chi connectivity index (χ1v) is 8.07. The molecular weight excluding hydrogens is 282 g/mol. The summed E-state index contributed by atoms with van der Waals surface area (Å²) < 4.78 is 0. The van der Waals surface area contributed by atoms with Crippen LogP contribution in [-0.2, 0) is 4.79 Å². The molecule has 0 atom stereocenters. The van der Waals surface area contributed by atoms with Crippen molar-refractivity contribution in [2.75, 3.05) is 11.5 Å². The number of hydrogen-bond donors (Lipinski definition) is 2. The van der Waals surface area contributed by atoms with Gasteiger partial charge in [-0.2, -0.15) is 11.8 Å². The van der Waals surface area contributed by atoms with Crippen LogP contribution in [0.25, 0.3) is 6.08 Å². The van der Waals surface area contributed by atoms with Gasteiger partial charge in [0.2, 0.25) is 0 Å². The maximum Gasteiger partial charge on any atom is 0.328 e. The molecular formula is C13H15NO3S2. The van der Waals surface area contributed by atoms with Crippen molar-refractivity contribution in [2.24, 2.45) is 0 Å². The Morgan fingerprint density at radius 2 is 2.11 bits per heavy atom. The quantitative estimate of drug-likeness (QED) is 0.838. The third-order valence-electron chi connectivity index (χ3n) is 2.83. The van der Waals surface area contributed by atoms with E-state index in [9.17, 15) is 9.59 Å².